The molecule has 2 aromatic heterocycles. The van der Waals surface area contributed by atoms with Crippen LogP contribution in [-0.2, 0) is 0 Å². The molecule has 0 atom stereocenters. The van der Waals surface area contributed by atoms with Crippen molar-refractivity contribution in [3.05, 3.63) is 180 Å². The monoisotopic (exact) mass is 701 g/mol. The molecule has 0 amide bonds. The minimum absolute atomic E-state index is 0.220. The predicted octanol–water partition coefficient (Wildman–Crippen LogP) is 14.8. The van der Waals surface area contributed by atoms with Crippen molar-refractivity contribution in [3.8, 4) is 5.75 Å². The summed E-state index contributed by atoms with van der Waals surface area (Å²) in [5, 5.41) is 20.5. The van der Waals surface area contributed by atoms with Gasteiger partial charge >= 0.3 is 0 Å². The standard InChI is InChI=1S/C52H47NO/c1-9-13-38(22-34(8)44-14-11-12-15-51(44)54)35(10-2)17-16-33(7)41-25-47-45-27-42-23-36(31(3)4)18-20-39(42)29-49(45)53-50-30-40-21-19-37(32(5)6)24-43(40)28-46(50)48(26-41)52(47)53/h9-32,54H,7-8H2,1-6H3/b13-9-,17-16-,35-10+,38-22-. The number of phenolic OH excluding ortho intramolecular Hbond substituents is 1. The Bertz CT molecular complexity index is 2800. The van der Waals surface area contributed by atoms with E-state index in [-0.39, 0.29) is 5.75 Å². The van der Waals surface area contributed by atoms with Crippen molar-refractivity contribution in [2.24, 2.45) is 0 Å². The molecule has 6 aromatic carbocycles. The van der Waals surface area contributed by atoms with Gasteiger partial charge in [0.15, 0.2) is 0 Å². The fourth-order valence-electron chi connectivity index (χ4n) is 8.03. The van der Waals surface area contributed by atoms with Gasteiger partial charge in [-0.25, -0.2) is 0 Å². The first-order valence-corrected chi connectivity index (χ1v) is 19.1. The second-order valence-electron chi connectivity index (χ2n) is 15.3. The summed E-state index contributed by atoms with van der Waals surface area (Å²) in [4.78, 5) is 0. The Hall–Kier alpha value is -6.12. The molecule has 54 heavy (non-hydrogen) atoms. The van der Waals surface area contributed by atoms with Gasteiger partial charge in [0.2, 0.25) is 0 Å². The van der Waals surface area contributed by atoms with Crippen LogP contribution in [0.25, 0.3) is 70.8 Å². The van der Waals surface area contributed by atoms with Crippen LogP contribution in [0, 0.1) is 0 Å². The highest BCUT2D eigenvalue weighted by Crippen LogP contribution is 2.43. The highest BCUT2D eigenvalue weighted by molar-refractivity contribution is 6.26. The van der Waals surface area contributed by atoms with E-state index in [1.807, 2.05) is 44.2 Å². The fourth-order valence-corrected chi connectivity index (χ4v) is 8.03. The van der Waals surface area contributed by atoms with Gasteiger partial charge in [0.1, 0.15) is 5.75 Å². The van der Waals surface area contributed by atoms with E-state index in [0.29, 0.717) is 11.8 Å². The van der Waals surface area contributed by atoms with E-state index >= 15 is 0 Å². The van der Waals surface area contributed by atoms with Crippen molar-refractivity contribution in [1.29, 1.82) is 0 Å². The smallest absolute Gasteiger partial charge is 0.123 e. The second-order valence-corrected chi connectivity index (χ2v) is 15.3. The number of hydrogen-bond donors (Lipinski definition) is 1. The van der Waals surface area contributed by atoms with Crippen LogP contribution in [0.4, 0.5) is 0 Å². The lowest BCUT2D eigenvalue weighted by atomic mass is 9.95. The maximum Gasteiger partial charge on any atom is 0.123 e. The Morgan fingerprint density at radius 2 is 1.17 bits per heavy atom. The zero-order valence-electron chi connectivity index (χ0n) is 32.2. The average Bonchev–Trinajstić information content (AvgIpc) is 3.66. The molecule has 266 valence electrons. The lowest BCUT2D eigenvalue weighted by Gasteiger charge is -2.10. The number of hydrogen-bond acceptors (Lipinski definition) is 1. The van der Waals surface area contributed by atoms with Crippen molar-refractivity contribution < 1.29 is 5.11 Å². The van der Waals surface area contributed by atoms with E-state index in [2.05, 4.69) is 142 Å². The Morgan fingerprint density at radius 3 is 1.69 bits per heavy atom. The van der Waals surface area contributed by atoms with Gasteiger partial charge in [-0.3, -0.25) is 0 Å². The largest absolute Gasteiger partial charge is 0.507 e. The minimum atomic E-state index is 0.220. The zero-order chi connectivity index (χ0) is 37.8. The minimum Gasteiger partial charge on any atom is -0.507 e. The van der Waals surface area contributed by atoms with Gasteiger partial charge in [0.25, 0.3) is 0 Å². The number of phenols is 1. The van der Waals surface area contributed by atoms with Gasteiger partial charge in [0.05, 0.1) is 16.6 Å². The van der Waals surface area contributed by atoms with Crippen molar-refractivity contribution >= 4 is 70.8 Å². The topological polar surface area (TPSA) is 24.6 Å². The molecule has 2 heteroatoms. The SMILES string of the molecule is C=C(\C=C/C(=C\C)C(/C=C\C)=C\C(=C)c1ccccc1O)c1cc2c3cc4cc(C(C)C)ccc4cc3n3c4cc5ccc(C(C)C)cc5cc4c(c1)c23. The van der Waals surface area contributed by atoms with Gasteiger partial charge in [-0.2, -0.15) is 0 Å². The number of para-hydroxylation sites is 1. The summed E-state index contributed by atoms with van der Waals surface area (Å²) in [5.41, 5.74) is 12.0. The third-order valence-corrected chi connectivity index (χ3v) is 11.1. The Labute approximate surface area is 318 Å². The molecule has 2 nitrogen and oxygen atoms in total. The molecule has 0 saturated heterocycles. The molecular weight excluding hydrogens is 655 g/mol. The van der Waals surface area contributed by atoms with E-state index < -0.39 is 0 Å². The third-order valence-electron chi connectivity index (χ3n) is 11.1. The number of rotatable bonds is 9. The van der Waals surface area contributed by atoms with Crippen molar-refractivity contribution in [2.45, 2.75) is 53.4 Å². The van der Waals surface area contributed by atoms with Gasteiger partial charge < -0.3 is 9.51 Å². The fraction of sp³-hybridized carbons (Fsp3) is 0.154. The number of benzene rings is 6. The summed E-state index contributed by atoms with van der Waals surface area (Å²) in [7, 11) is 0. The van der Waals surface area contributed by atoms with Crippen LogP contribution in [0.2, 0.25) is 0 Å². The van der Waals surface area contributed by atoms with Crippen LogP contribution in [0.1, 0.15) is 75.6 Å². The summed E-state index contributed by atoms with van der Waals surface area (Å²) in [6.07, 6.45) is 12.5. The average molecular weight is 702 g/mol. The Balaban J connectivity index is 1.31. The summed E-state index contributed by atoms with van der Waals surface area (Å²) in [5.74, 6) is 1.14. The van der Waals surface area contributed by atoms with Crippen LogP contribution in [0.5, 0.6) is 5.75 Å². The lowest BCUT2D eigenvalue weighted by Crippen LogP contribution is -1.88. The summed E-state index contributed by atoms with van der Waals surface area (Å²) >= 11 is 0. The molecular formula is C52H47NO. The van der Waals surface area contributed by atoms with Gasteiger partial charge in [0, 0.05) is 27.1 Å². The van der Waals surface area contributed by atoms with E-state index in [1.54, 1.807) is 6.07 Å². The Kier molecular flexibility index (Phi) is 8.86. The van der Waals surface area contributed by atoms with Crippen molar-refractivity contribution in [2.75, 3.05) is 0 Å². The van der Waals surface area contributed by atoms with Gasteiger partial charge in [-0.1, -0.05) is 126 Å². The van der Waals surface area contributed by atoms with E-state index in [0.717, 1.165) is 33.4 Å². The highest BCUT2D eigenvalue weighted by Gasteiger charge is 2.20. The molecule has 0 saturated carbocycles. The van der Waals surface area contributed by atoms with Crippen LogP contribution < -0.4 is 0 Å². The number of nitrogens with zero attached hydrogens (tertiary/aromatic N) is 1. The second kappa shape index (κ2) is 13.7. The summed E-state index contributed by atoms with van der Waals surface area (Å²) in [6.45, 7) is 22.0. The molecule has 2 heterocycles. The molecule has 0 bridgehead atoms. The lowest BCUT2D eigenvalue weighted by molar-refractivity contribution is 0.474. The van der Waals surface area contributed by atoms with Crippen molar-refractivity contribution in [3.63, 3.8) is 0 Å². The first-order chi connectivity index (χ1) is 26.1. The molecule has 0 radical (unpaired) electrons. The quantitative estimate of drug-likeness (QED) is 0.149. The first kappa shape index (κ1) is 34.9. The van der Waals surface area contributed by atoms with E-state index in [4.69, 9.17) is 0 Å². The van der Waals surface area contributed by atoms with Crippen LogP contribution in [0.3, 0.4) is 0 Å². The predicted molar refractivity (Wildman–Crippen MR) is 236 cm³/mol. The molecule has 0 spiro atoms. The summed E-state index contributed by atoms with van der Waals surface area (Å²) in [6, 6.07) is 35.4. The van der Waals surface area contributed by atoms with E-state index in [9.17, 15) is 5.11 Å². The highest BCUT2D eigenvalue weighted by atomic mass is 16.3. The molecule has 8 rings (SSSR count). The van der Waals surface area contributed by atoms with Crippen LogP contribution >= 0.6 is 0 Å². The number of allylic oxidation sites excluding steroid dienone is 10. The number of fused-ring (bicyclic) bond motifs is 8. The molecule has 0 fully saturated rings. The maximum atomic E-state index is 10.5. The molecule has 1 N–H and O–H groups in total. The zero-order valence-corrected chi connectivity index (χ0v) is 32.2. The molecule has 0 aliphatic carbocycles. The van der Waals surface area contributed by atoms with Gasteiger partial charge in [-0.05, 0) is 135 Å². The molecule has 0 aliphatic heterocycles. The maximum absolute atomic E-state index is 10.5. The first-order valence-electron chi connectivity index (χ1n) is 19.1. The van der Waals surface area contributed by atoms with E-state index in [1.165, 1.54) is 70.8 Å². The van der Waals surface area contributed by atoms with Crippen molar-refractivity contribution in [1.82, 2.24) is 4.40 Å². The van der Waals surface area contributed by atoms with Crippen LogP contribution in [-0.4, -0.2) is 9.51 Å². The molecule has 0 aliphatic rings. The summed E-state index contributed by atoms with van der Waals surface area (Å²) < 4.78 is 2.49. The van der Waals surface area contributed by atoms with Gasteiger partial charge in [-0.15, -0.1) is 0 Å². The Morgan fingerprint density at radius 1 is 0.593 bits per heavy atom. The number of aromatic hydroxyl groups is 1. The normalized spacial score (nSPS) is 13.3. The number of aromatic nitrogens is 1. The molecule has 8 aromatic rings. The molecule has 0 unspecified atom stereocenters. The third kappa shape index (κ3) is 5.93. The van der Waals surface area contributed by atoms with Crippen LogP contribution in [0.15, 0.2) is 158 Å².